The second kappa shape index (κ2) is 6.32. The van der Waals surface area contributed by atoms with Crippen molar-refractivity contribution < 1.29 is 18.7 Å². The largest absolute Gasteiger partial charge is 0.387 e. The van der Waals surface area contributed by atoms with Crippen LogP contribution in [0, 0.1) is 11.6 Å². The van der Waals surface area contributed by atoms with Crippen LogP contribution in [0.25, 0.3) is 0 Å². The van der Waals surface area contributed by atoms with E-state index < -0.39 is 23.6 Å². The van der Waals surface area contributed by atoms with Gasteiger partial charge in [0.25, 0.3) is 0 Å². The molecule has 0 aromatic heterocycles. The lowest BCUT2D eigenvalue weighted by molar-refractivity contribution is 0.100. The SMILES string of the molecule is NC(=O)c1cccc(NCC(O)c2ccc(F)c(F)c2)c1. The van der Waals surface area contributed by atoms with E-state index in [1.807, 2.05) is 0 Å². The summed E-state index contributed by atoms with van der Waals surface area (Å²) in [5.74, 6) is -2.53. The molecule has 4 nitrogen and oxygen atoms in total. The minimum atomic E-state index is -1.02. The number of nitrogens with two attached hydrogens (primary N) is 1. The van der Waals surface area contributed by atoms with E-state index in [-0.39, 0.29) is 12.1 Å². The first kappa shape index (κ1) is 14.9. The van der Waals surface area contributed by atoms with Crippen molar-refractivity contribution in [2.45, 2.75) is 6.10 Å². The van der Waals surface area contributed by atoms with Gasteiger partial charge in [0.15, 0.2) is 11.6 Å². The summed E-state index contributed by atoms with van der Waals surface area (Å²) in [5, 5.41) is 12.8. The molecule has 110 valence electrons. The fourth-order valence-corrected chi connectivity index (χ4v) is 1.83. The highest BCUT2D eigenvalue weighted by Gasteiger charge is 2.11. The van der Waals surface area contributed by atoms with E-state index in [0.717, 1.165) is 12.1 Å². The van der Waals surface area contributed by atoms with Crippen molar-refractivity contribution in [3.63, 3.8) is 0 Å². The number of primary amides is 1. The fraction of sp³-hybridized carbons (Fsp3) is 0.133. The molecule has 0 fully saturated rings. The Morgan fingerprint density at radius 1 is 1.19 bits per heavy atom. The van der Waals surface area contributed by atoms with Crippen molar-refractivity contribution in [1.82, 2.24) is 0 Å². The van der Waals surface area contributed by atoms with E-state index in [1.54, 1.807) is 24.3 Å². The molecule has 0 aliphatic rings. The molecule has 0 aliphatic carbocycles. The Bertz CT molecular complexity index is 662. The second-order valence-electron chi connectivity index (χ2n) is 4.52. The molecule has 2 rings (SSSR count). The highest BCUT2D eigenvalue weighted by molar-refractivity contribution is 5.93. The maximum Gasteiger partial charge on any atom is 0.248 e. The Morgan fingerprint density at radius 2 is 1.95 bits per heavy atom. The first-order chi connectivity index (χ1) is 9.97. The number of rotatable bonds is 5. The maximum atomic E-state index is 13.1. The Labute approximate surface area is 120 Å². The average molecular weight is 292 g/mol. The van der Waals surface area contributed by atoms with E-state index in [0.29, 0.717) is 11.3 Å². The van der Waals surface area contributed by atoms with Gasteiger partial charge in [-0.15, -0.1) is 0 Å². The third-order valence-electron chi connectivity index (χ3n) is 2.98. The van der Waals surface area contributed by atoms with Gasteiger partial charge in [0, 0.05) is 17.8 Å². The van der Waals surface area contributed by atoms with Crippen LogP contribution in [0.5, 0.6) is 0 Å². The van der Waals surface area contributed by atoms with Gasteiger partial charge in [-0.3, -0.25) is 4.79 Å². The van der Waals surface area contributed by atoms with Crippen LogP contribution in [-0.2, 0) is 0 Å². The van der Waals surface area contributed by atoms with Gasteiger partial charge in [-0.05, 0) is 35.9 Å². The fourth-order valence-electron chi connectivity index (χ4n) is 1.83. The van der Waals surface area contributed by atoms with Gasteiger partial charge < -0.3 is 16.2 Å². The third kappa shape index (κ3) is 3.76. The lowest BCUT2D eigenvalue weighted by atomic mass is 10.1. The van der Waals surface area contributed by atoms with Crippen LogP contribution >= 0.6 is 0 Å². The highest BCUT2D eigenvalue weighted by atomic mass is 19.2. The summed E-state index contributed by atoms with van der Waals surface area (Å²) < 4.78 is 25.9. The number of hydrogen-bond acceptors (Lipinski definition) is 3. The van der Waals surface area contributed by atoms with Crippen LogP contribution in [0.3, 0.4) is 0 Å². The second-order valence-corrected chi connectivity index (χ2v) is 4.52. The molecular weight excluding hydrogens is 278 g/mol. The van der Waals surface area contributed by atoms with Crippen LogP contribution in [-0.4, -0.2) is 17.6 Å². The quantitative estimate of drug-likeness (QED) is 0.791. The molecule has 6 heteroatoms. The molecule has 0 radical (unpaired) electrons. The van der Waals surface area contributed by atoms with Crippen molar-refractivity contribution in [3.8, 4) is 0 Å². The molecule has 0 saturated heterocycles. The molecule has 0 heterocycles. The molecule has 2 aromatic rings. The van der Waals surface area contributed by atoms with E-state index in [9.17, 15) is 18.7 Å². The highest BCUT2D eigenvalue weighted by Crippen LogP contribution is 2.18. The molecule has 1 unspecified atom stereocenters. The zero-order chi connectivity index (χ0) is 15.4. The summed E-state index contributed by atoms with van der Waals surface area (Å²) >= 11 is 0. The van der Waals surface area contributed by atoms with Crippen LogP contribution in [0.15, 0.2) is 42.5 Å². The van der Waals surface area contributed by atoms with Gasteiger partial charge in [0.1, 0.15) is 0 Å². The van der Waals surface area contributed by atoms with E-state index in [1.165, 1.54) is 6.07 Å². The summed E-state index contributed by atoms with van der Waals surface area (Å²) in [6, 6.07) is 9.67. The number of aliphatic hydroxyl groups excluding tert-OH is 1. The number of carbonyl (C=O) groups is 1. The predicted molar refractivity (Wildman–Crippen MR) is 74.8 cm³/mol. The molecule has 21 heavy (non-hydrogen) atoms. The zero-order valence-corrected chi connectivity index (χ0v) is 11.0. The number of hydrogen-bond donors (Lipinski definition) is 3. The Hall–Kier alpha value is -2.47. The summed E-state index contributed by atoms with van der Waals surface area (Å²) in [6.07, 6.45) is -1.02. The number of benzene rings is 2. The topological polar surface area (TPSA) is 75.4 Å². The average Bonchev–Trinajstić information content (AvgIpc) is 2.48. The monoisotopic (exact) mass is 292 g/mol. The van der Waals surface area contributed by atoms with Crippen LogP contribution < -0.4 is 11.1 Å². The van der Waals surface area contributed by atoms with Gasteiger partial charge in [-0.1, -0.05) is 12.1 Å². The van der Waals surface area contributed by atoms with E-state index in [2.05, 4.69) is 5.32 Å². The normalized spacial score (nSPS) is 12.0. The number of nitrogens with one attached hydrogen (secondary N) is 1. The Kier molecular flexibility index (Phi) is 4.49. The summed E-state index contributed by atoms with van der Waals surface area (Å²) in [6.45, 7) is 0.0767. The van der Waals surface area contributed by atoms with Crippen LogP contribution in [0.1, 0.15) is 22.0 Å². The smallest absolute Gasteiger partial charge is 0.248 e. The minimum Gasteiger partial charge on any atom is -0.387 e. The van der Waals surface area contributed by atoms with Gasteiger partial charge in [0.05, 0.1) is 6.10 Å². The van der Waals surface area contributed by atoms with Gasteiger partial charge >= 0.3 is 0 Å². The Balaban J connectivity index is 2.03. The number of carbonyl (C=O) groups excluding carboxylic acids is 1. The van der Waals surface area contributed by atoms with Gasteiger partial charge in [-0.25, -0.2) is 8.78 Å². The molecule has 0 saturated carbocycles. The Morgan fingerprint density at radius 3 is 2.62 bits per heavy atom. The maximum absolute atomic E-state index is 13.1. The lowest BCUT2D eigenvalue weighted by Crippen LogP contribution is -2.14. The molecular formula is C15H14F2N2O2. The standard InChI is InChI=1S/C15H14F2N2O2/c16-12-5-4-9(7-13(12)17)14(20)8-19-11-3-1-2-10(6-11)15(18)21/h1-7,14,19-20H,8H2,(H2,18,21). The minimum absolute atomic E-state index is 0.0767. The van der Waals surface area contributed by atoms with Crippen molar-refractivity contribution in [2.75, 3.05) is 11.9 Å². The summed E-state index contributed by atoms with van der Waals surface area (Å²) in [4.78, 5) is 11.1. The predicted octanol–water partition coefficient (Wildman–Crippen LogP) is 2.21. The van der Waals surface area contributed by atoms with Crippen LogP contribution in [0.4, 0.5) is 14.5 Å². The molecule has 0 bridgehead atoms. The molecule has 2 aromatic carbocycles. The molecule has 0 spiro atoms. The molecule has 1 amide bonds. The van der Waals surface area contributed by atoms with Gasteiger partial charge in [0.2, 0.25) is 5.91 Å². The van der Waals surface area contributed by atoms with Crippen LogP contribution in [0.2, 0.25) is 0 Å². The van der Waals surface area contributed by atoms with Gasteiger partial charge in [-0.2, -0.15) is 0 Å². The number of aliphatic hydroxyl groups is 1. The molecule has 1 atom stereocenters. The summed E-state index contributed by atoms with van der Waals surface area (Å²) in [7, 11) is 0. The van der Waals surface area contributed by atoms with Crippen molar-refractivity contribution in [2.24, 2.45) is 5.73 Å². The first-order valence-electron chi connectivity index (χ1n) is 6.24. The van der Waals surface area contributed by atoms with E-state index >= 15 is 0 Å². The zero-order valence-electron chi connectivity index (χ0n) is 11.0. The third-order valence-corrected chi connectivity index (χ3v) is 2.98. The number of anilines is 1. The van der Waals surface area contributed by atoms with E-state index in [4.69, 9.17) is 5.73 Å². The molecule has 0 aliphatic heterocycles. The lowest BCUT2D eigenvalue weighted by Gasteiger charge is -2.14. The first-order valence-corrected chi connectivity index (χ1v) is 6.24. The molecule has 4 N–H and O–H groups in total. The van der Waals surface area contributed by atoms with Crippen molar-refractivity contribution >= 4 is 11.6 Å². The summed E-state index contributed by atoms with van der Waals surface area (Å²) in [5.41, 5.74) is 6.35. The number of halogens is 2. The van der Waals surface area contributed by atoms with Crippen molar-refractivity contribution in [3.05, 3.63) is 65.2 Å². The van der Waals surface area contributed by atoms with Crippen molar-refractivity contribution in [1.29, 1.82) is 0 Å². The number of amides is 1.